The number of halogens is 2. The number of rotatable bonds is 2. The van der Waals surface area contributed by atoms with Crippen LogP contribution < -0.4 is 0 Å². The maximum Gasteiger partial charge on any atom is 0.128 e. The van der Waals surface area contributed by atoms with Crippen LogP contribution in [0, 0.1) is 40.9 Å². The minimum atomic E-state index is -0.389. The molecule has 2 heteroatoms. The van der Waals surface area contributed by atoms with E-state index in [1.165, 1.54) is 38.5 Å². The third-order valence-electron chi connectivity index (χ3n) is 6.70. The van der Waals surface area contributed by atoms with Crippen molar-refractivity contribution in [3.05, 3.63) is 0 Å². The average Bonchev–Trinajstić information content (AvgIpc) is 2.71. The van der Waals surface area contributed by atoms with Gasteiger partial charge in [-0.2, -0.15) is 0 Å². The minimum Gasteiger partial charge on any atom is -0.101 e. The van der Waals surface area contributed by atoms with Crippen LogP contribution in [0.15, 0.2) is 0 Å². The lowest BCUT2D eigenvalue weighted by molar-refractivity contribution is -0.0622. The summed E-state index contributed by atoms with van der Waals surface area (Å²) in [4.78, 5) is 0. The molecular formula is C16H24Cl2. The largest absolute Gasteiger partial charge is 0.128 e. The van der Waals surface area contributed by atoms with E-state index in [0.717, 1.165) is 29.6 Å². The van der Waals surface area contributed by atoms with Crippen molar-refractivity contribution in [1.82, 2.24) is 0 Å². The van der Waals surface area contributed by atoms with Crippen LogP contribution in [-0.4, -0.2) is 4.33 Å². The van der Waals surface area contributed by atoms with Crippen molar-refractivity contribution >= 4 is 23.2 Å². The lowest BCUT2D eigenvalue weighted by atomic mass is 9.49. The van der Waals surface area contributed by atoms with Crippen LogP contribution in [0.1, 0.15) is 52.4 Å². The normalized spacial score (nSPS) is 55.5. The van der Waals surface area contributed by atoms with Crippen LogP contribution in [0.3, 0.4) is 0 Å². The zero-order valence-electron chi connectivity index (χ0n) is 11.5. The van der Waals surface area contributed by atoms with Crippen LogP contribution in [0.5, 0.6) is 0 Å². The molecule has 0 amide bonds. The van der Waals surface area contributed by atoms with E-state index >= 15 is 0 Å². The summed E-state index contributed by atoms with van der Waals surface area (Å²) in [5.74, 6) is 5.05. The molecule has 1 atom stereocenters. The van der Waals surface area contributed by atoms with Gasteiger partial charge in [0.15, 0.2) is 0 Å². The van der Waals surface area contributed by atoms with Crippen LogP contribution in [0.4, 0.5) is 0 Å². The molecule has 0 radical (unpaired) electrons. The zero-order chi connectivity index (χ0) is 12.7. The lowest BCUT2D eigenvalue weighted by Gasteiger charge is -2.56. The lowest BCUT2D eigenvalue weighted by Crippen LogP contribution is -2.49. The highest BCUT2D eigenvalue weighted by atomic mass is 35.5. The van der Waals surface area contributed by atoms with Crippen molar-refractivity contribution in [1.29, 1.82) is 0 Å². The summed E-state index contributed by atoms with van der Waals surface area (Å²) in [7, 11) is 0. The van der Waals surface area contributed by atoms with Crippen molar-refractivity contribution in [2.75, 3.05) is 0 Å². The molecule has 0 nitrogen and oxygen atoms in total. The smallest absolute Gasteiger partial charge is 0.101 e. The second-order valence-corrected chi connectivity index (χ2v) is 9.43. The Hall–Kier alpha value is 0.580. The van der Waals surface area contributed by atoms with Gasteiger partial charge in [-0.3, -0.25) is 0 Å². The fraction of sp³-hybridized carbons (Fsp3) is 1.00. The zero-order valence-corrected chi connectivity index (χ0v) is 13.0. The van der Waals surface area contributed by atoms with E-state index in [-0.39, 0.29) is 4.33 Å². The molecule has 1 unspecified atom stereocenters. The van der Waals surface area contributed by atoms with Gasteiger partial charge in [-0.15, -0.1) is 23.2 Å². The van der Waals surface area contributed by atoms with Crippen molar-refractivity contribution in [3.63, 3.8) is 0 Å². The minimum absolute atomic E-state index is 0.327. The Morgan fingerprint density at radius 2 is 1.44 bits per heavy atom. The predicted octanol–water partition coefficient (Wildman–Crippen LogP) is 5.28. The van der Waals surface area contributed by atoms with E-state index in [0.29, 0.717) is 11.3 Å². The van der Waals surface area contributed by atoms with Gasteiger partial charge in [0.1, 0.15) is 4.33 Å². The quantitative estimate of drug-likeness (QED) is 0.606. The van der Waals surface area contributed by atoms with Gasteiger partial charge in [0, 0.05) is 11.3 Å². The first-order valence-electron chi connectivity index (χ1n) is 7.84. The highest BCUT2D eigenvalue weighted by molar-refractivity contribution is 6.52. The summed E-state index contributed by atoms with van der Waals surface area (Å²) in [6, 6.07) is 0. The van der Waals surface area contributed by atoms with E-state index in [4.69, 9.17) is 23.2 Å². The molecule has 5 fully saturated rings. The second-order valence-electron chi connectivity index (χ2n) is 8.04. The van der Waals surface area contributed by atoms with E-state index in [1.54, 1.807) is 0 Å². The van der Waals surface area contributed by atoms with Gasteiger partial charge >= 0.3 is 0 Å². The van der Waals surface area contributed by atoms with Gasteiger partial charge in [0.25, 0.3) is 0 Å². The maximum absolute atomic E-state index is 6.82. The Kier molecular flexibility index (Phi) is 2.47. The second kappa shape index (κ2) is 3.61. The van der Waals surface area contributed by atoms with Gasteiger partial charge in [-0.05, 0) is 68.1 Å². The summed E-state index contributed by atoms with van der Waals surface area (Å²) >= 11 is 13.6. The Labute approximate surface area is 121 Å². The first kappa shape index (κ1) is 12.3. The van der Waals surface area contributed by atoms with Crippen LogP contribution in [0.2, 0.25) is 0 Å². The van der Waals surface area contributed by atoms with Gasteiger partial charge in [0.05, 0.1) is 0 Å². The monoisotopic (exact) mass is 286 g/mol. The molecule has 5 saturated carbocycles. The highest BCUT2D eigenvalue weighted by Crippen LogP contribution is 2.84. The summed E-state index contributed by atoms with van der Waals surface area (Å²) in [5.41, 5.74) is 0.327. The molecule has 1 spiro atoms. The van der Waals surface area contributed by atoms with Crippen LogP contribution in [-0.2, 0) is 0 Å². The maximum atomic E-state index is 6.82. The highest BCUT2D eigenvalue weighted by Gasteiger charge is 2.82. The molecule has 4 bridgehead atoms. The first-order chi connectivity index (χ1) is 8.46. The molecule has 0 aromatic heterocycles. The van der Waals surface area contributed by atoms with Crippen LogP contribution >= 0.6 is 23.2 Å². The van der Waals surface area contributed by atoms with Crippen molar-refractivity contribution < 1.29 is 0 Å². The third-order valence-corrected chi connectivity index (χ3v) is 7.89. The molecule has 0 aliphatic heterocycles. The van der Waals surface area contributed by atoms with Crippen molar-refractivity contribution in [2.24, 2.45) is 40.9 Å². The van der Waals surface area contributed by atoms with Gasteiger partial charge in [-0.1, -0.05) is 13.8 Å². The summed E-state index contributed by atoms with van der Waals surface area (Å²) in [6.07, 6.45) is 8.47. The van der Waals surface area contributed by atoms with Crippen molar-refractivity contribution in [3.8, 4) is 0 Å². The predicted molar refractivity (Wildman–Crippen MR) is 76.9 cm³/mol. The Morgan fingerprint density at radius 3 is 1.89 bits per heavy atom. The first-order valence-corrected chi connectivity index (χ1v) is 8.59. The van der Waals surface area contributed by atoms with Crippen molar-refractivity contribution in [2.45, 2.75) is 56.7 Å². The third kappa shape index (κ3) is 1.30. The average molecular weight is 287 g/mol. The molecule has 18 heavy (non-hydrogen) atoms. The topological polar surface area (TPSA) is 0 Å². The molecule has 0 heterocycles. The molecule has 0 aromatic rings. The molecule has 5 rings (SSSR count). The molecule has 0 N–H and O–H groups in total. The van der Waals surface area contributed by atoms with E-state index in [1.807, 2.05) is 0 Å². The van der Waals surface area contributed by atoms with Gasteiger partial charge in [0.2, 0.25) is 0 Å². The number of hydrogen-bond acceptors (Lipinski definition) is 0. The van der Waals surface area contributed by atoms with E-state index < -0.39 is 0 Å². The Morgan fingerprint density at radius 1 is 0.944 bits per heavy atom. The van der Waals surface area contributed by atoms with Gasteiger partial charge in [-0.25, -0.2) is 0 Å². The number of hydrogen-bond donors (Lipinski definition) is 0. The van der Waals surface area contributed by atoms with Crippen LogP contribution in [0.25, 0.3) is 0 Å². The molecular weight excluding hydrogens is 263 g/mol. The SMILES string of the molecule is CC(C)CC1C(Cl)(Cl)C12C1CC3CC(C1)CC2C3. The fourth-order valence-electron chi connectivity index (χ4n) is 6.41. The fourth-order valence-corrected chi connectivity index (χ4v) is 7.72. The number of alkyl halides is 2. The molecule has 5 aliphatic carbocycles. The summed E-state index contributed by atoms with van der Waals surface area (Å²) < 4.78 is -0.389. The standard InChI is InChI=1S/C16H24Cl2/c1-9(2)3-14-15(16(14,17)18)12-5-10-4-11(7-12)8-13(15)6-10/h9-14H,3-8H2,1-2H3. The Bertz CT molecular complexity index is 343. The summed E-state index contributed by atoms with van der Waals surface area (Å²) in [5, 5.41) is 0. The summed E-state index contributed by atoms with van der Waals surface area (Å²) in [6.45, 7) is 4.62. The molecule has 0 aromatic carbocycles. The Balaban J connectivity index is 1.68. The molecule has 102 valence electrons. The van der Waals surface area contributed by atoms with Gasteiger partial charge < -0.3 is 0 Å². The van der Waals surface area contributed by atoms with E-state index in [2.05, 4.69) is 13.8 Å². The van der Waals surface area contributed by atoms with E-state index in [9.17, 15) is 0 Å². The molecule has 0 saturated heterocycles. The molecule has 5 aliphatic rings.